The van der Waals surface area contributed by atoms with Gasteiger partial charge in [-0.15, -0.1) is 0 Å². The van der Waals surface area contributed by atoms with Crippen LogP contribution in [0.1, 0.15) is 16.8 Å². The summed E-state index contributed by atoms with van der Waals surface area (Å²) in [5, 5.41) is 2.64. The van der Waals surface area contributed by atoms with Crippen LogP contribution in [0.25, 0.3) is 0 Å². The number of hydrogen-bond donors (Lipinski definition) is 3. The van der Waals surface area contributed by atoms with Crippen molar-refractivity contribution in [3.05, 3.63) is 59.9 Å². The highest BCUT2D eigenvalue weighted by Crippen LogP contribution is 2.29. The summed E-state index contributed by atoms with van der Waals surface area (Å²) >= 11 is 0. The van der Waals surface area contributed by atoms with Gasteiger partial charge in [0.05, 0.1) is 12.1 Å². The van der Waals surface area contributed by atoms with E-state index in [0.29, 0.717) is 11.4 Å². The minimum Gasteiger partial charge on any atom is -0.478 e. The third-order valence-corrected chi connectivity index (χ3v) is 3.50. The number of carbonyl (C=O) groups is 3. The van der Waals surface area contributed by atoms with Crippen molar-refractivity contribution in [3.63, 3.8) is 0 Å². The van der Waals surface area contributed by atoms with Crippen molar-refractivity contribution in [2.24, 2.45) is 0 Å². The zero-order valence-electron chi connectivity index (χ0n) is 12.9. The molecule has 0 spiro atoms. The van der Waals surface area contributed by atoms with Gasteiger partial charge in [-0.2, -0.15) is 0 Å². The van der Waals surface area contributed by atoms with Crippen LogP contribution in [-0.2, 0) is 9.59 Å². The second-order valence-corrected chi connectivity index (χ2v) is 5.31. The van der Waals surface area contributed by atoms with E-state index >= 15 is 0 Å². The molecule has 0 fully saturated rings. The summed E-state index contributed by atoms with van der Waals surface area (Å²) in [6, 6.07) is 11.7. The molecule has 128 valence electrons. The van der Waals surface area contributed by atoms with Gasteiger partial charge in [0.1, 0.15) is 11.6 Å². The van der Waals surface area contributed by atoms with Crippen molar-refractivity contribution < 1.29 is 23.5 Å². The molecule has 0 saturated carbocycles. The maximum Gasteiger partial charge on any atom is 0.269 e. The summed E-state index contributed by atoms with van der Waals surface area (Å²) in [5.74, 6) is -1.65. The average Bonchev–Trinajstić information content (AvgIpc) is 2.61. The third-order valence-electron chi connectivity index (χ3n) is 3.50. The van der Waals surface area contributed by atoms with Crippen LogP contribution in [-0.4, -0.2) is 23.8 Å². The molecule has 0 radical (unpaired) electrons. The van der Waals surface area contributed by atoms with Crippen LogP contribution in [0.2, 0.25) is 0 Å². The topological polar surface area (TPSA) is 96.5 Å². The molecule has 8 heteroatoms. The SMILES string of the molecule is O=C(C[C@@H]1Oc2ccccc2NC1=O)NNC(=O)c1ccc(F)cc1. The Morgan fingerprint density at radius 1 is 1.08 bits per heavy atom. The monoisotopic (exact) mass is 343 g/mol. The van der Waals surface area contributed by atoms with Crippen LogP contribution in [0.3, 0.4) is 0 Å². The van der Waals surface area contributed by atoms with Gasteiger partial charge >= 0.3 is 0 Å². The Morgan fingerprint density at radius 2 is 1.80 bits per heavy atom. The second kappa shape index (κ2) is 7.00. The molecule has 1 aliphatic rings. The maximum atomic E-state index is 12.8. The first-order chi connectivity index (χ1) is 12.0. The Morgan fingerprint density at radius 3 is 2.56 bits per heavy atom. The first kappa shape index (κ1) is 16.4. The summed E-state index contributed by atoms with van der Waals surface area (Å²) in [7, 11) is 0. The van der Waals surface area contributed by atoms with E-state index in [0.717, 1.165) is 12.1 Å². The molecule has 1 aliphatic heterocycles. The average molecular weight is 343 g/mol. The van der Waals surface area contributed by atoms with Crippen molar-refractivity contribution in [2.45, 2.75) is 12.5 Å². The van der Waals surface area contributed by atoms with Crippen molar-refractivity contribution in [3.8, 4) is 5.75 Å². The largest absolute Gasteiger partial charge is 0.478 e. The lowest BCUT2D eigenvalue weighted by Gasteiger charge is -2.25. The molecule has 3 amide bonds. The van der Waals surface area contributed by atoms with Gasteiger partial charge < -0.3 is 10.1 Å². The standard InChI is InChI=1S/C17H14FN3O4/c18-11-7-5-10(6-8-11)16(23)21-20-15(22)9-14-17(24)19-12-3-1-2-4-13(12)25-14/h1-8,14H,9H2,(H,19,24)(H,20,22)(H,21,23)/t14-/m0/s1. The van der Waals surface area contributed by atoms with Gasteiger partial charge in [-0.1, -0.05) is 12.1 Å². The highest BCUT2D eigenvalue weighted by atomic mass is 19.1. The van der Waals surface area contributed by atoms with Gasteiger partial charge in [0.15, 0.2) is 6.10 Å². The Labute approximate surface area is 142 Å². The van der Waals surface area contributed by atoms with Crippen molar-refractivity contribution >= 4 is 23.4 Å². The summed E-state index contributed by atoms with van der Waals surface area (Å²) in [6.07, 6.45) is -1.28. The summed E-state index contributed by atoms with van der Waals surface area (Å²) < 4.78 is 18.3. The number of fused-ring (bicyclic) bond motifs is 1. The van der Waals surface area contributed by atoms with Gasteiger partial charge in [-0.3, -0.25) is 25.2 Å². The number of anilines is 1. The molecule has 25 heavy (non-hydrogen) atoms. The van der Waals surface area contributed by atoms with Gasteiger partial charge in [-0.25, -0.2) is 4.39 Å². The quantitative estimate of drug-likeness (QED) is 0.734. The maximum absolute atomic E-state index is 12.8. The normalized spacial score (nSPS) is 15.4. The fourth-order valence-electron chi connectivity index (χ4n) is 2.25. The first-order valence-corrected chi connectivity index (χ1v) is 7.44. The lowest BCUT2D eigenvalue weighted by Crippen LogP contribution is -2.46. The van der Waals surface area contributed by atoms with Crippen LogP contribution in [0.5, 0.6) is 5.75 Å². The fourth-order valence-corrected chi connectivity index (χ4v) is 2.25. The fraction of sp³-hybridized carbons (Fsp3) is 0.118. The molecule has 1 heterocycles. The Hall–Kier alpha value is -3.42. The number of rotatable bonds is 3. The highest BCUT2D eigenvalue weighted by Gasteiger charge is 2.29. The van der Waals surface area contributed by atoms with E-state index in [9.17, 15) is 18.8 Å². The Balaban J connectivity index is 1.53. The number of hydrazine groups is 1. The number of nitrogens with one attached hydrogen (secondary N) is 3. The lowest BCUT2D eigenvalue weighted by molar-refractivity contribution is -0.130. The number of para-hydroxylation sites is 2. The van der Waals surface area contributed by atoms with E-state index in [1.165, 1.54) is 12.1 Å². The van der Waals surface area contributed by atoms with Crippen LogP contribution in [0, 0.1) is 5.82 Å². The molecule has 2 aromatic rings. The molecule has 0 aliphatic carbocycles. The second-order valence-electron chi connectivity index (χ2n) is 5.31. The van der Waals surface area contributed by atoms with E-state index in [-0.39, 0.29) is 12.0 Å². The van der Waals surface area contributed by atoms with E-state index in [1.54, 1.807) is 24.3 Å². The summed E-state index contributed by atoms with van der Waals surface area (Å²) in [4.78, 5) is 35.7. The van der Waals surface area contributed by atoms with Gasteiger partial charge in [0, 0.05) is 5.56 Å². The molecule has 0 bridgehead atoms. The zero-order valence-corrected chi connectivity index (χ0v) is 12.9. The van der Waals surface area contributed by atoms with Crippen molar-refractivity contribution in [2.75, 3.05) is 5.32 Å². The Bertz CT molecular complexity index is 823. The smallest absolute Gasteiger partial charge is 0.269 e. The van der Waals surface area contributed by atoms with Crippen LogP contribution < -0.4 is 20.9 Å². The van der Waals surface area contributed by atoms with E-state index in [2.05, 4.69) is 16.2 Å². The van der Waals surface area contributed by atoms with Crippen LogP contribution in [0.4, 0.5) is 10.1 Å². The Kier molecular flexibility index (Phi) is 4.60. The molecular weight excluding hydrogens is 329 g/mol. The number of amides is 3. The molecule has 3 N–H and O–H groups in total. The molecule has 7 nitrogen and oxygen atoms in total. The molecule has 2 aromatic carbocycles. The van der Waals surface area contributed by atoms with Gasteiger partial charge in [0.2, 0.25) is 5.91 Å². The molecule has 0 saturated heterocycles. The van der Waals surface area contributed by atoms with Gasteiger partial charge in [0.25, 0.3) is 11.8 Å². The number of ether oxygens (including phenoxy) is 1. The predicted molar refractivity (Wildman–Crippen MR) is 86.1 cm³/mol. The molecular formula is C17H14FN3O4. The lowest BCUT2D eigenvalue weighted by atomic mass is 10.1. The number of carbonyl (C=O) groups excluding carboxylic acids is 3. The molecule has 3 rings (SSSR count). The highest BCUT2D eigenvalue weighted by molar-refractivity contribution is 6.00. The third kappa shape index (κ3) is 3.92. The number of halogens is 1. The molecule has 0 unspecified atom stereocenters. The minimum atomic E-state index is -1.00. The van der Waals surface area contributed by atoms with Crippen LogP contribution in [0.15, 0.2) is 48.5 Å². The minimum absolute atomic E-state index is 0.183. The summed E-state index contributed by atoms with van der Waals surface area (Å²) in [6.45, 7) is 0. The zero-order chi connectivity index (χ0) is 17.8. The number of hydrogen-bond acceptors (Lipinski definition) is 4. The summed E-state index contributed by atoms with van der Waals surface area (Å²) in [5.41, 5.74) is 5.11. The van der Waals surface area contributed by atoms with Gasteiger partial charge in [-0.05, 0) is 36.4 Å². The first-order valence-electron chi connectivity index (χ1n) is 7.44. The van der Waals surface area contributed by atoms with Crippen molar-refractivity contribution in [1.82, 2.24) is 10.9 Å². The van der Waals surface area contributed by atoms with Crippen molar-refractivity contribution in [1.29, 1.82) is 0 Å². The number of benzene rings is 2. The molecule has 1 atom stereocenters. The predicted octanol–water partition coefficient (Wildman–Crippen LogP) is 1.38. The van der Waals surface area contributed by atoms with E-state index in [1.807, 2.05) is 0 Å². The van der Waals surface area contributed by atoms with Crippen LogP contribution >= 0.6 is 0 Å². The van der Waals surface area contributed by atoms with E-state index in [4.69, 9.17) is 4.74 Å². The van der Waals surface area contributed by atoms with E-state index < -0.39 is 29.6 Å². The molecule has 0 aromatic heterocycles.